The smallest absolute Gasteiger partial charge is 0.320 e. The molecule has 0 aromatic rings. The normalized spacial score (nSPS) is 28.9. The molecule has 0 bridgehead atoms. The number of esters is 1. The molecule has 4 heteroatoms. The van der Waals surface area contributed by atoms with Gasteiger partial charge in [-0.3, -0.25) is 9.59 Å². The quantitative estimate of drug-likeness (QED) is 0.368. The highest BCUT2D eigenvalue weighted by atomic mass is 16.5. The molecule has 0 amide bonds. The summed E-state index contributed by atoms with van der Waals surface area (Å²) >= 11 is 0. The predicted molar refractivity (Wildman–Crippen MR) is 70.4 cm³/mol. The van der Waals surface area contributed by atoms with Crippen molar-refractivity contribution in [1.29, 1.82) is 0 Å². The number of aliphatic hydroxyl groups is 1. The van der Waals surface area contributed by atoms with Gasteiger partial charge >= 0.3 is 5.97 Å². The molecule has 0 radical (unpaired) electrons. The van der Waals surface area contributed by atoms with E-state index in [2.05, 4.69) is 13.2 Å². The Morgan fingerprint density at radius 2 is 2.16 bits per heavy atom. The first-order valence-corrected chi connectivity index (χ1v) is 6.69. The molecule has 2 aliphatic carbocycles. The number of hydrogen-bond acceptors (Lipinski definition) is 4. The Bertz CT molecular complexity index is 445. The Labute approximate surface area is 113 Å². The number of carbonyl (C=O) groups is 2. The van der Waals surface area contributed by atoms with Crippen molar-refractivity contribution in [3.8, 4) is 0 Å². The molecule has 0 heterocycles. The van der Waals surface area contributed by atoms with Crippen molar-refractivity contribution < 1.29 is 19.4 Å². The van der Waals surface area contributed by atoms with Crippen molar-refractivity contribution in [3.05, 3.63) is 24.5 Å². The van der Waals surface area contributed by atoms with E-state index in [1.807, 2.05) is 0 Å². The Balaban J connectivity index is 2.30. The lowest BCUT2D eigenvalue weighted by Crippen LogP contribution is -2.50. The van der Waals surface area contributed by atoms with Gasteiger partial charge in [-0.15, -0.1) is 0 Å². The van der Waals surface area contributed by atoms with Crippen molar-refractivity contribution >= 4 is 11.8 Å². The van der Waals surface area contributed by atoms with Gasteiger partial charge < -0.3 is 9.84 Å². The molecule has 2 fully saturated rings. The molecule has 104 valence electrons. The summed E-state index contributed by atoms with van der Waals surface area (Å²) in [6.45, 7) is 9.42. The molecule has 0 aliphatic heterocycles. The van der Waals surface area contributed by atoms with Gasteiger partial charge in [-0.25, -0.2) is 0 Å². The summed E-state index contributed by atoms with van der Waals surface area (Å²) in [5.74, 6) is -2.00. The summed E-state index contributed by atoms with van der Waals surface area (Å²) in [7, 11) is 0. The maximum Gasteiger partial charge on any atom is 0.320 e. The van der Waals surface area contributed by atoms with Gasteiger partial charge in [0.15, 0.2) is 5.78 Å². The second-order valence-electron chi connectivity index (χ2n) is 5.54. The Kier molecular flexibility index (Phi) is 3.52. The monoisotopic (exact) mass is 264 g/mol. The first-order chi connectivity index (χ1) is 8.93. The number of allylic oxidation sites excluding steroid dienone is 1. The SMILES string of the molecule is C=C(O)C1C(=C)C(C(=O)OCC)C(=O)CC12CCC2. The molecule has 2 rings (SSSR count). The number of aliphatic hydroxyl groups excluding tert-OH is 1. The number of ketones is 1. The Morgan fingerprint density at radius 3 is 2.58 bits per heavy atom. The molecule has 0 aromatic heterocycles. The van der Waals surface area contributed by atoms with Gasteiger partial charge in [0.05, 0.1) is 12.4 Å². The van der Waals surface area contributed by atoms with Gasteiger partial charge in [-0.1, -0.05) is 19.6 Å². The highest BCUT2D eigenvalue weighted by molar-refractivity contribution is 6.03. The van der Waals surface area contributed by atoms with Gasteiger partial charge in [0.1, 0.15) is 5.92 Å². The fourth-order valence-corrected chi connectivity index (χ4v) is 3.49. The third-order valence-electron chi connectivity index (χ3n) is 4.41. The summed E-state index contributed by atoms with van der Waals surface area (Å²) in [4.78, 5) is 24.1. The zero-order valence-electron chi connectivity index (χ0n) is 11.3. The van der Waals surface area contributed by atoms with Crippen molar-refractivity contribution in [1.82, 2.24) is 0 Å². The highest BCUT2D eigenvalue weighted by Crippen LogP contribution is 2.58. The van der Waals surface area contributed by atoms with Gasteiger partial charge in [-0.05, 0) is 30.8 Å². The van der Waals surface area contributed by atoms with Crippen molar-refractivity contribution in [2.24, 2.45) is 17.3 Å². The average molecular weight is 264 g/mol. The van der Waals surface area contributed by atoms with Gasteiger partial charge in [-0.2, -0.15) is 0 Å². The molecule has 0 aromatic carbocycles. The van der Waals surface area contributed by atoms with E-state index in [9.17, 15) is 14.7 Å². The largest absolute Gasteiger partial charge is 0.512 e. The lowest BCUT2D eigenvalue weighted by molar-refractivity contribution is -0.153. The topological polar surface area (TPSA) is 63.6 Å². The van der Waals surface area contributed by atoms with Crippen molar-refractivity contribution in [3.63, 3.8) is 0 Å². The second-order valence-corrected chi connectivity index (χ2v) is 5.54. The van der Waals surface area contributed by atoms with E-state index in [-0.39, 0.29) is 29.5 Å². The molecule has 2 unspecified atom stereocenters. The van der Waals surface area contributed by atoms with E-state index in [0.717, 1.165) is 19.3 Å². The van der Waals surface area contributed by atoms with Gasteiger partial charge in [0.2, 0.25) is 0 Å². The fraction of sp³-hybridized carbons (Fsp3) is 0.600. The maximum atomic E-state index is 12.2. The third-order valence-corrected chi connectivity index (χ3v) is 4.41. The lowest BCUT2D eigenvalue weighted by atomic mass is 9.51. The van der Waals surface area contributed by atoms with Gasteiger partial charge in [0, 0.05) is 12.3 Å². The van der Waals surface area contributed by atoms with E-state index in [1.165, 1.54) is 0 Å². The lowest BCUT2D eigenvalue weighted by Gasteiger charge is -2.51. The molecule has 4 nitrogen and oxygen atoms in total. The van der Waals surface area contributed by atoms with Crippen molar-refractivity contribution in [2.75, 3.05) is 6.61 Å². The fourth-order valence-electron chi connectivity index (χ4n) is 3.49. The summed E-state index contributed by atoms with van der Waals surface area (Å²) in [6, 6.07) is 0. The minimum Gasteiger partial charge on any atom is -0.512 e. The van der Waals surface area contributed by atoms with Crippen LogP contribution in [0.4, 0.5) is 0 Å². The van der Waals surface area contributed by atoms with E-state index in [0.29, 0.717) is 12.0 Å². The second kappa shape index (κ2) is 4.83. The van der Waals surface area contributed by atoms with Crippen LogP contribution >= 0.6 is 0 Å². The van der Waals surface area contributed by atoms with Crippen LogP contribution in [0.3, 0.4) is 0 Å². The zero-order valence-corrected chi connectivity index (χ0v) is 11.3. The van der Waals surface area contributed by atoms with Crippen molar-refractivity contribution in [2.45, 2.75) is 32.6 Å². The van der Waals surface area contributed by atoms with E-state index in [4.69, 9.17) is 4.74 Å². The van der Waals surface area contributed by atoms with E-state index < -0.39 is 11.9 Å². The number of ether oxygens (including phenoxy) is 1. The zero-order chi connectivity index (χ0) is 14.2. The molecular weight excluding hydrogens is 244 g/mol. The summed E-state index contributed by atoms with van der Waals surface area (Å²) in [5.41, 5.74) is 0.185. The third kappa shape index (κ3) is 2.09. The van der Waals surface area contributed by atoms with Crippen LogP contribution in [0.1, 0.15) is 32.6 Å². The molecular formula is C15H20O4. The van der Waals surface area contributed by atoms with Crippen LogP contribution in [0.25, 0.3) is 0 Å². The van der Waals surface area contributed by atoms with Crippen LogP contribution in [0.2, 0.25) is 0 Å². The molecule has 1 N–H and O–H groups in total. The first-order valence-electron chi connectivity index (χ1n) is 6.69. The van der Waals surface area contributed by atoms with Crippen LogP contribution in [-0.2, 0) is 14.3 Å². The summed E-state index contributed by atoms with van der Waals surface area (Å²) < 4.78 is 4.94. The molecule has 19 heavy (non-hydrogen) atoms. The van der Waals surface area contributed by atoms with E-state index >= 15 is 0 Å². The standard InChI is InChI=1S/C15H20O4/c1-4-19-14(18)12-9(2)13(10(3)16)15(6-5-7-15)8-11(12)17/h12-13,16H,2-8H2,1H3. The van der Waals surface area contributed by atoms with Crippen LogP contribution in [0.5, 0.6) is 0 Å². The van der Waals surface area contributed by atoms with E-state index in [1.54, 1.807) is 6.92 Å². The Hall–Kier alpha value is -1.58. The molecule has 1 spiro atoms. The molecule has 2 aliphatic rings. The minimum absolute atomic E-state index is 0.00602. The van der Waals surface area contributed by atoms with Crippen LogP contribution in [0, 0.1) is 17.3 Å². The number of hydrogen-bond donors (Lipinski definition) is 1. The van der Waals surface area contributed by atoms with Crippen LogP contribution < -0.4 is 0 Å². The Morgan fingerprint density at radius 1 is 1.53 bits per heavy atom. The molecule has 2 atom stereocenters. The van der Waals surface area contributed by atoms with Crippen LogP contribution in [-0.4, -0.2) is 23.5 Å². The number of carbonyl (C=O) groups excluding carboxylic acids is 2. The summed E-state index contributed by atoms with van der Waals surface area (Å²) in [6.07, 6.45) is 3.09. The highest BCUT2D eigenvalue weighted by Gasteiger charge is 2.55. The number of rotatable bonds is 3. The number of Topliss-reactive ketones (excluding diaryl/α,β-unsaturated/α-hetero) is 1. The molecule has 2 saturated carbocycles. The maximum absolute atomic E-state index is 12.2. The summed E-state index contributed by atoms with van der Waals surface area (Å²) in [5, 5.41) is 9.85. The predicted octanol–water partition coefficient (Wildman–Crippen LogP) is 2.55. The molecule has 0 saturated heterocycles. The first kappa shape index (κ1) is 13.8. The average Bonchev–Trinajstić information content (AvgIpc) is 2.25. The van der Waals surface area contributed by atoms with Crippen LogP contribution in [0.15, 0.2) is 24.5 Å². The minimum atomic E-state index is -0.944. The van der Waals surface area contributed by atoms with Gasteiger partial charge in [0.25, 0.3) is 0 Å².